The highest BCUT2D eigenvalue weighted by molar-refractivity contribution is 5.86. The van der Waals surface area contributed by atoms with Crippen LogP contribution in [0.1, 0.15) is 36.4 Å². The van der Waals surface area contributed by atoms with Gasteiger partial charge >= 0.3 is 0 Å². The maximum Gasteiger partial charge on any atom is 0.260 e. The number of fused-ring (bicyclic) bond motifs is 1. The summed E-state index contributed by atoms with van der Waals surface area (Å²) < 4.78 is 21.3. The van der Waals surface area contributed by atoms with Crippen LogP contribution in [0, 0.1) is 0 Å². The Morgan fingerprint density at radius 2 is 2.35 bits per heavy atom. The highest BCUT2D eigenvalue weighted by Gasteiger charge is 2.48. The highest BCUT2D eigenvalue weighted by Crippen LogP contribution is 2.39. The molecular formula is C14H20FN3O2. The van der Waals surface area contributed by atoms with Crippen molar-refractivity contribution >= 4 is 5.91 Å². The van der Waals surface area contributed by atoms with Crippen molar-refractivity contribution in [1.82, 2.24) is 14.7 Å². The fourth-order valence-electron chi connectivity index (χ4n) is 3.11. The van der Waals surface area contributed by atoms with Crippen molar-refractivity contribution in [3.8, 4) is 0 Å². The van der Waals surface area contributed by atoms with Crippen LogP contribution >= 0.6 is 0 Å². The first-order chi connectivity index (χ1) is 9.53. The Morgan fingerprint density at radius 1 is 1.60 bits per heavy atom. The van der Waals surface area contributed by atoms with Crippen LogP contribution < -0.4 is 0 Å². The van der Waals surface area contributed by atoms with Crippen molar-refractivity contribution in [3.05, 3.63) is 17.5 Å². The van der Waals surface area contributed by atoms with Crippen molar-refractivity contribution < 1.29 is 13.9 Å². The topological polar surface area (TPSA) is 47.4 Å². The van der Waals surface area contributed by atoms with E-state index in [9.17, 15) is 9.18 Å². The molecule has 1 amide bonds. The summed E-state index contributed by atoms with van der Waals surface area (Å²) in [7, 11) is 3.49. The van der Waals surface area contributed by atoms with Crippen LogP contribution in [0.2, 0.25) is 0 Å². The van der Waals surface area contributed by atoms with Crippen LogP contribution in [0.5, 0.6) is 0 Å². The zero-order valence-electron chi connectivity index (χ0n) is 11.9. The number of carbonyl (C=O) groups is 1. The average molecular weight is 281 g/mol. The molecule has 1 atom stereocenters. The molecule has 20 heavy (non-hydrogen) atoms. The largest absolute Gasteiger partial charge is 0.384 e. The molecule has 1 saturated carbocycles. The van der Waals surface area contributed by atoms with Crippen LogP contribution in [0.3, 0.4) is 0 Å². The van der Waals surface area contributed by atoms with E-state index in [2.05, 4.69) is 5.10 Å². The van der Waals surface area contributed by atoms with Crippen LogP contribution in [0.4, 0.5) is 4.39 Å². The molecule has 1 aliphatic carbocycles. The molecule has 110 valence electrons. The van der Waals surface area contributed by atoms with Gasteiger partial charge in [0, 0.05) is 44.9 Å². The van der Waals surface area contributed by atoms with Crippen molar-refractivity contribution in [1.29, 1.82) is 0 Å². The van der Waals surface area contributed by atoms with Gasteiger partial charge in [-0.2, -0.15) is 5.10 Å². The molecule has 0 N–H and O–H groups in total. The lowest BCUT2D eigenvalue weighted by molar-refractivity contribution is -0.151. The Kier molecular flexibility index (Phi) is 3.28. The molecule has 0 saturated heterocycles. The molecule has 0 spiro atoms. The summed E-state index contributed by atoms with van der Waals surface area (Å²) in [4.78, 5) is 14.0. The Morgan fingerprint density at radius 3 is 2.95 bits per heavy atom. The van der Waals surface area contributed by atoms with Gasteiger partial charge in [0.05, 0.1) is 12.3 Å². The molecule has 3 rings (SSSR count). The molecule has 0 bridgehead atoms. The minimum absolute atomic E-state index is 0.0255. The number of hydrogen-bond acceptors (Lipinski definition) is 3. The third kappa shape index (κ3) is 2.12. The van der Waals surface area contributed by atoms with Gasteiger partial charge in [0.15, 0.2) is 5.67 Å². The third-order valence-electron chi connectivity index (χ3n) is 4.31. The van der Waals surface area contributed by atoms with E-state index in [-0.39, 0.29) is 11.8 Å². The molecular weight excluding hydrogens is 261 g/mol. The number of hydrogen-bond donors (Lipinski definition) is 0. The summed E-state index contributed by atoms with van der Waals surface area (Å²) in [5.41, 5.74) is 0.342. The second kappa shape index (κ2) is 4.84. The Bertz CT molecular complexity index is 524. The quantitative estimate of drug-likeness (QED) is 0.841. The molecule has 1 aromatic heterocycles. The maximum atomic E-state index is 14.3. The molecule has 1 fully saturated rings. The lowest BCUT2D eigenvalue weighted by atomic mass is 9.80. The monoisotopic (exact) mass is 281 g/mol. The van der Waals surface area contributed by atoms with Crippen molar-refractivity contribution in [3.63, 3.8) is 0 Å². The normalized spacial score (nSPS) is 24.1. The number of ether oxygens (including phenoxy) is 1. The smallest absolute Gasteiger partial charge is 0.260 e. The number of nitrogens with zero attached hydrogens (tertiary/aromatic N) is 3. The van der Waals surface area contributed by atoms with Crippen molar-refractivity contribution in [2.75, 3.05) is 20.3 Å². The predicted molar refractivity (Wildman–Crippen MR) is 70.9 cm³/mol. The van der Waals surface area contributed by atoms with Gasteiger partial charge in [-0.05, 0) is 19.3 Å². The molecule has 1 aliphatic heterocycles. The first kappa shape index (κ1) is 13.5. The number of alkyl halides is 1. The first-order valence-electron chi connectivity index (χ1n) is 7.03. The van der Waals surface area contributed by atoms with Crippen LogP contribution in [-0.2, 0) is 23.1 Å². The lowest BCUT2D eigenvalue weighted by Gasteiger charge is -2.40. The van der Waals surface area contributed by atoms with E-state index in [1.54, 1.807) is 16.7 Å². The zero-order chi connectivity index (χ0) is 14.3. The van der Waals surface area contributed by atoms with Gasteiger partial charge in [0.1, 0.15) is 0 Å². The molecule has 5 nitrogen and oxygen atoms in total. The number of methoxy groups -OCH3 is 1. The fourth-order valence-corrected chi connectivity index (χ4v) is 3.11. The lowest BCUT2D eigenvalue weighted by Crippen LogP contribution is -2.52. The number of rotatable bonds is 3. The minimum atomic E-state index is -1.63. The number of aromatic nitrogens is 2. The van der Waals surface area contributed by atoms with E-state index >= 15 is 0 Å². The summed E-state index contributed by atoms with van der Waals surface area (Å²) >= 11 is 0. The van der Waals surface area contributed by atoms with Gasteiger partial charge in [-0.3, -0.25) is 9.48 Å². The molecule has 2 heterocycles. The van der Waals surface area contributed by atoms with Crippen LogP contribution in [0.25, 0.3) is 0 Å². The molecule has 2 aliphatic rings. The summed E-state index contributed by atoms with van der Waals surface area (Å²) in [6.45, 7) is 1.43. The predicted octanol–water partition coefficient (Wildman–Crippen LogP) is 1.38. The number of carbonyl (C=O) groups excluding carboxylic acids is 1. The standard InChI is InChI=1S/C14H20FN3O2/c1-17-6-10-7-18(13(19)14(15)4-3-5-14)8-11(9-20-2)12(10)16-17/h6,11H,3-5,7-9H2,1-2H3. The van der Waals surface area contributed by atoms with Gasteiger partial charge in [0.2, 0.25) is 0 Å². The van der Waals surface area contributed by atoms with E-state index in [1.165, 1.54) is 0 Å². The van der Waals surface area contributed by atoms with Gasteiger partial charge in [0.25, 0.3) is 5.91 Å². The van der Waals surface area contributed by atoms with E-state index in [0.717, 1.165) is 17.7 Å². The summed E-state index contributed by atoms with van der Waals surface area (Å²) in [6.07, 6.45) is 3.42. The van der Waals surface area contributed by atoms with Crippen molar-refractivity contribution in [2.24, 2.45) is 7.05 Å². The highest BCUT2D eigenvalue weighted by atomic mass is 19.1. The summed E-state index contributed by atoms with van der Waals surface area (Å²) in [6, 6.07) is 0. The van der Waals surface area contributed by atoms with Crippen molar-refractivity contribution in [2.45, 2.75) is 37.4 Å². The average Bonchev–Trinajstić information content (AvgIpc) is 2.76. The molecule has 0 aromatic carbocycles. The van der Waals surface area contributed by atoms with Gasteiger partial charge in [-0.25, -0.2) is 4.39 Å². The van der Waals surface area contributed by atoms with Gasteiger partial charge < -0.3 is 9.64 Å². The summed E-state index contributed by atoms with van der Waals surface area (Å²) in [5, 5.41) is 4.45. The number of halogens is 1. The van der Waals surface area contributed by atoms with E-state index < -0.39 is 5.67 Å². The third-order valence-corrected chi connectivity index (χ3v) is 4.31. The minimum Gasteiger partial charge on any atom is -0.384 e. The first-order valence-corrected chi connectivity index (χ1v) is 7.03. The molecule has 0 radical (unpaired) electrons. The fraction of sp³-hybridized carbons (Fsp3) is 0.714. The molecule has 1 aromatic rings. The maximum absolute atomic E-state index is 14.3. The van der Waals surface area contributed by atoms with Crippen LogP contribution in [0.15, 0.2) is 6.20 Å². The zero-order valence-corrected chi connectivity index (χ0v) is 11.9. The second-order valence-corrected chi connectivity index (χ2v) is 5.87. The molecule has 1 unspecified atom stereocenters. The second-order valence-electron chi connectivity index (χ2n) is 5.87. The Labute approximate surface area is 117 Å². The van der Waals surface area contributed by atoms with E-state index in [0.29, 0.717) is 32.5 Å². The number of aryl methyl sites for hydroxylation is 1. The number of amides is 1. The van der Waals surface area contributed by atoms with E-state index in [4.69, 9.17) is 4.74 Å². The SMILES string of the molecule is COCC1CN(C(=O)C2(F)CCC2)Cc2cn(C)nc21. The van der Waals surface area contributed by atoms with Gasteiger partial charge in [-0.1, -0.05) is 0 Å². The van der Waals surface area contributed by atoms with E-state index in [1.807, 2.05) is 13.2 Å². The Hall–Kier alpha value is -1.43. The molecule has 6 heteroatoms. The van der Waals surface area contributed by atoms with Crippen LogP contribution in [-0.4, -0.2) is 46.5 Å². The van der Waals surface area contributed by atoms with Gasteiger partial charge in [-0.15, -0.1) is 0 Å². The Balaban J connectivity index is 1.84. The summed E-state index contributed by atoms with van der Waals surface area (Å²) in [5.74, 6) is -0.336.